The van der Waals surface area contributed by atoms with E-state index in [1.54, 1.807) is 24.3 Å². The number of rotatable bonds is 4. The zero-order valence-corrected chi connectivity index (χ0v) is 15.6. The highest BCUT2D eigenvalue weighted by molar-refractivity contribution is 5.90. The Morgan fingerprint density at radius 1 is 1.07 bits per heavy atom. The Balaban J connectivity index is 1.54. The van der Waals surface area contributed by atoms with E-state index in [1.165, 1.54) is 6.07 Å². The van der Waals surface area contributed by atoms with Crippen molar-refractivity contribution in [1.82, 2.24) is 9.78 Å². The van der Waals surface area contributed by atoms with Gasteiger partial charge in [0.15, 0.2) is 11.5 Å². The Labute approximate surface area is 161 Å². The molecule has 0 saturated heterocycles. The summed E-state index contributed by atoms with van der Waals surface area (Å²) >= 11 is 0. The minimum absolute atomic E-state index is 0.164. The van der Waals surface area contributed by atoms with Crippen LogP contribution in [0.4, 0.5) is 5.69 Å². The quantitative estimate of drug-likeness (QED) is 0.756. The van der Waals surface area contributed by atoms with Crippen molar-refractivity contribution < 1.29 is 14.3 Å². The van der Waals surface area contributed by atoms with Gasteiger partial charge in [-0.15, -0.1) is 0 Å². The van der Waals surface area contributed by atoms with E-state index in [0.717, 1.165) is 21.4 Å². The van der Waals surface area contributed by atoms with Gasteiger partial charge in [0, 0.05) is 23.4 Å². The molecule has 1 N–H and O–H groups in total. The molecule has 0 atom stereocenters. The summed E-state index contributed by atoms with van der Waals surface area (Å²) in [6.07, 6.45) is 0. The number of fused-ring (bicyclic) bond motifs is 1. The fourth-order valence-electron chi connectivity index (χ4n) is 3.12. The first-order valence-electron chi connectivity index (χ1n) is 8.85. The van der Waals surface area contributed by atoms with Crippen molar-refractivity contribution in [3.8, 4) is 22.8 Å². The van der Waals surface area contributed by atoms with Crippen molar-refractivity contribution >= 4 is 11.6 Å². The van der Waals surface area contributed by atoms with Gasteiger partial charge in [0.25, 0.3) is 5.56 Å². The number of hydrogen-bond acceptors (Lipinski definition) is 5. The third kappa shape index (κ3) is 3.59. The standard InChI is InChI=1S/C21H19N3O4/c1-13-3-5-16(14(2)9-13)17-6-8-21(26)24(23-17)11-20(25)22-15-4-7-18-19(10-15)28-12-27-18/h3-10H,11-12H2,1-2H3,(H,22,25). The van der Waals surface area contributed by atoms with E-state index in [9.17, 15) is 9.59 Å². The van der Waals surface area contributed by atoms with E-state index in [4.69, 9.17) is 9.47 Å². The van der Waals surface area contributed by atoms with Crippen molar-refractivity contribution in [2.45, 2.75) is 20.4 Å². The summed E-state index contributed by atoms with van der Waals surface area (Å²) in [5, 5.41) is 7.12. The van der Waals surface area contributed by atoms with Crippen LogP contribution in [-0.4, -0.2) is 22.5 Å². The fourth-order valence-corrected chi connectivity index (χ4v) is 3.12. The zero-order chi connectivity index (χ0) is 19.7. The van der Waals surface area contributed by atoms with Crippen molar-refractivity contribution in [3.63, 3.8) is 0 Å². The highest BCUT2D eigenvalue weighted by atomic mass is 16.7. The van der Waals surface area contributed by atoms with Crippen LogP contribution in [0.1, 0.15) is 11.1 Å². The minimum atomic E-state index is -0.355. The first kappa shape index (κ1) is 17.8. The average molecular weight is 377 g/mol. The topological polar surface area (TPSA) is 82.5 Å². The molecule has 1 aromatic heterocycles. The highest BCUT2D eigenvalue weighted by Gasteiger charge is 2.15. The van der Waals surface area contributed by atoms with Gasteiger partial charge in [0.2, 0.25) is 12.7 Å². The first-order chi connectivity index (χ1) is 13.5. The number of benzene rings is 2. The van der Waals surface area contributed by atoms with Gasteiger partial charge in [0.05, 0.1) is 5.69 Å². The Hall–Kier alpha value is -3.61. The molecule has 142 valence electrons. The summed E-state index contributed by atoms with van der Waals surface area (Å²) in [5.41, 5.74) is 4.01. The monoisotopic (exact) mass is 377 g/mol. The zero-order valence-electron chi connectivity index (χ0n) is 15.6. The Bertz CT molecular complexity index is 1120. The van der Waals surface area contributed by atoms with E-state index in [-0.39, 0.29) is 24.8 Å². The van der Waals surface area contributed by atoms with E-state index < -0.39 is 0 Å². The molecule has 28 heavy (non-hydrogen) atoms. The predicted molar refractivity (Wildman–Crippen MR) is 105 cm³/mol. The molecule has 1 amide bonds. The van der Waals surface area contributed by atoms with Crippen LogP contribution in [0.5, 0.6) is 11.5 Å². The van der Waals surface area contributed by atoms with Gasteiger partial charge in [-0.25, -0.2) is 4.68 Å². The van der Waals surface area contributed by atoms with Gasteiger partial charge in [-0.05, 0) is 37.6 Å². The number of ether oxygens (including phenoxy) is 2. The van der Waals surface area contributed by atoms with E-state index in [2.05, 4.69) is 16.5 Å². The maximum atomic E-state index is 12.4. The molecule has 2 aromatic carbocycles. The number of aryl methyl sites for hydroxylation is 2. The van der Waals surface area contributed by atoms with Crippen molar-refractivity contribution in [3.05, 3.63) is 70.0 Å². The SMILES string of the molecule is Cc1ccc(-c2ccc(=O)n(CC(=O)Nc3ccc4c(c3)OCO4)n2)c(C)c1. The summed E-state index contributed by atoms with van der Waals surface area (Å²) in [6.45, 7) is 3.99. The summed E-state index contributed by atoms with van der Waals surface area (Å²) in [6, 6.07) is 14.2. The number of nitrogens with one attached hydrogen (secondary N) is 1. The molecule has 2 heterocycles. The number of hydrogen-bond donors (Lipinski definition) is 1. The van der Waals surface area contributed by atoms with Crippen LogP contribution >= 0.6 is 0 Å². The summed E-state index contributed by atoms with van der Waals surface area (Å²) in [5.74, 6) is 0.855. The molecule has 0 unspecified atom stereocenters. The Morgan fingerprint density at radius 3 is 2.71 bits per heavy atom. The fraction of sp³-hybridized carbons (Fsp3) is 0.190. The number of carbonyl (C=O) groups excluding carboxylic acids is 1. The van der Waals surface area contributed by atoms with Gasteiger partial charge >= 0.3 is 0 Å². The van der Waals surface area contributed by atoms with Crippen LogP contribution in [0.25, 0.3) is 11.3 Å². The third-order valence-electron chi connectivity index (χ3n) is 4.47. The molecular weight excluding hydrogens is 358 g/mol. The molecule has 7 heteroatoms. The molecule has 0 saturated carbocycles. The molecule has 0 fully saturated rings. The number of anilines is 1. The molecular formula is C21H19N3O4. The molecule has 0 spiro atoms. The third-order valence-corrected chi connectivity index (χ3v) is 4.47. The second-order valence-corrected chi connectivity index (χ2v) is 6.65. The van der Waals surface area contributed by atoms with Crippen LogP contribution < -0.4 is 20.3 Å². The summed E-state index contributed by atoms with van der Waals surface area (Å²) < 4.78 is 11.7. The second kappa shape index (κ2) is 7.19. The maximum absolute atomic E-state index is 12.4. The van der Waals surface area contributed by atoms with Crippen LogP contribution in [0.15, 0.2) is 53.3 Å². The van der Waals surface area contributed by atoms with Crippen LogP contribution in [0, 0.1) is 13.8 Å². The molecule has 1 aliphatic heterocycles. The van der Waals surface area contributed by atoms with E-state index in [1.807, 2.05) is 26.0 Å². The molecule has 7 nitrogen and oxygen atoms in total. The van der Waals surface area contributed by atoms with E-state index in [0.29, 0.717) is 22.9 Å². The van der Waals surface area contributed by atoms with Gasteiger partial charge in [0.1, 0.15) is 6.54 Å². The van der Waals surface area contributed by atoms with Crippen molar-refractivity contribution in [1.29, 1.82) is 0 Å². The van der Waals surface area contributed by atoms with Gasteiger partial charge < -0.3 is 14.8 Å². The number of nitrogens with zero attached hydrogens (tertiary/aromatic N) is 2. The molecule has 3 aromatic rings. The van der Waals surface area contributed by atoms with Crippen LogP contribution in [0.2, 0.25) is 0 Å². The largest absolute Gasteiger partial charge is 0.454 e. The summed E-state index contributed by atoms with van der Waals surface area (Å²) in [4.78, 5) is 24.6. The molecule has 0 bridgehead atoms. The molecule has 4 rings (SSSR count). The molecule has 0 aliphatic carbocycles. The number of carbonyl (C=O) groups is 1. The minimum Gasteiger partial charge on any atom is -0.454 e. The van der Waals surface area contributed by atoms with E-state index >= 15 is 0 Å². The molecule has 1 aliphatic rings. The van der Waals surface area contributed by atoms with Gasteiger partial charge in [-0.1, -0.05) is 23.8 Å². The normalized spacial score (nSPS) is 12.1. The average Bonchev–Trinajstić information content (AvgIpc) is 3.11. The lowest BCUT2D eigenvalue weighted by Crippen LogP contribution is -2.29. The smallest absolute Gasteiger partial charge is 0.267 e. The number of amides is 1. The Kier molecular flexibility index (Phi) is 4.57. The predicted octanol–water partition coefficient (Wildman–Crippen LogP) is 2.89. The second-order valence-electron chi connectivity index (χ2n) is 6.65. The van der Waals surface area contributed by atoms with Crippen molar-refractivity contribution in [2.24, 2.45) is 0 Å². The highest BCUT2D eigenvalue weighted by Crippen LogP contribution is 2.34. The van der Waals surface area contributed by atoms with Crippen molar-refractivity contribution in [2.75, 3.05) is 12.1 Å². The Morgan fingerprint density at radius 2 is 1.89 bits per heavy atom. The van der Waals surface area contributed by atoms with Crippen LogP contribution in [0.3, 0.4) is 0 Å². The lowest BCUT2D eigenvalue weighted by molar-refractivity contribution is -0.117. The lowest BCUT2D eigenvalue weighted by atomic mass is 10.0. The lowest BCUT2D eigenvalue weighted by Gasteiger charge is -2.10. The first-order valence-corrected chi connectivity index (χ1v) is 8.85. The van der Waals surface area contributed by atoms with Gasteiger partial charge in [-0.2, -0.15) is 5.10 Å². The number of aromatic nitrogens is 2. The van der Waals surface area contributed by atoms with Gasteiger partial charge in [-0.3, -0.25) is 9.59 Å². The molecule has 0 radical (unpaired) electrons. The summed E-state index contributed by atoms with van der Waals surface area (Å²) in [7, 11) is 0. The maximum Gasteiger partial charge on any atom is 0.267 e. The van der Waals surface area contributed by atoms with Crippen LogP contribution in [-0.2, 0) is 11.3 Å².